The van der Waals surface area contributed by atoms with Crippen molar-refractivity contribution >= 4 is 11.5 Å². The molecule has 0 aromatic carbocycles. The van der Waals surface area contributed by atoms with Crippen LogP contribution in [0.15, 0.2) is 6.20 Å². The van der Waals surface area contributed by atoms with Crippen molar-refractivity contribution in [3.63, 3.8) is 0 Å². The molecule has 0 saturated carbocycles. The summed E-state index contributed by atoms with van der Waals surface area (Å²) in [5, 5.41) is 22.4. The third-order valence-corrected chi connectivity index (χ3v) is 3.67. The van der Waals surface area contributed by atoms with Gasteiger partial charge in [-0.2, -0.15) is 9.37 Å². The van der Waals surface area contributed by atoms with Gasteiger partial charge in [0.25, 0.3) is 0 Å². The number of hydrogen-bond acceptors (Lipinski definition) is 7. The van der Waals surface area contributed by atoms with Crippen LogP contribution in [0.1, 0.15) is 11.8 Å². The molecule has 120 valence electrons. The zero-order chi connectivity index (χ0) is 16.1. The first-order valence-electron chi connectivity index (χ1n) is 6.27. The molecule has 0 bridgehead atoms. The van der Waals surface area contributed by atoms with Gasteiger partial charge in [-0.25, -0.2) is 18.3 Å². The second-order valence-electron chi connectivity index (χ2n) is 4.97. The number of anilines is 1. The van der Waals surface area contributed by atoms with Gasteiger partial charge >= 0.3 is 6.08 Å². The number of aromatic nitrogens is 4. The topological polar surface area (TPSA) is 119 Å². The van der Waals surface area contributed by atoms with Crippen LogP contribution in [0.3, 0.4) is 0 Å². The smallest absolute Gasteiger partial charge is 0.328 e. The van der Waals surface area contributed by atoms with Crippen molar-refractivity contribution in [2.75, 3.05) is 19.0 Å². The summed E-state index contributed by atoms with van der Waals surface area (Å²) in [5.74, 6) is -0.272. The zero-order valence-corrected chi connectivity index (χ0v) is 11.0. The molecule has 1 aliphatic heterocycles. The van der Waals surface area contributed by atoms with E-state index < -0.39 is 43.3 Å². The van der Waals surface area contributed by atoms with E-state index in [1.807, 2.05) is 0 Å². The molecule has 3 rings (SSSR count). The highest BCUT2D eigenvalue weighted by Crippen LogP contribution is 2.42. The predicted octanol–water partition coefficient (Wildman–Crippen LogP) is -0.684. The molecule has 8 nitrogen and oxygen atoms in total. The maximum atomic E-state index is 14.3. The molecule has 1 aliphatic rings. The molecule has 4 atom stereocenters. The van der Waals surface area contributed by atoms with Gasteiger partial charge in [0.05, 0.1) is 18.5 Å². The lowest BCUT2D eigenvalue weighted by atomic mass is 9.97. The summed E-state index contributed by atoms with van der Waals surface area (Å²) in [6.07, 6.45) is -5.53. The molecule has 1 saturated heterocycles. The number of halogens is 3. The molecule has 2 aromatic heterocycles. The number of nitrogen functional groups attached to an aromatic ring is 1. The van der Waals surface area contributed by atoms with Gasteiger partial charge in [-0.3, -0.25) is 0 Å². The molecular formula is C11H12F3N5O3. The van der Waals surface area contributed by atoms with Gasteiger partial charge in [0, 0.05) is 0 Å². The van der Waals surface area contributed by atoms with Gasteiger partial charge in [-0.15, -0.1) is 5.10 Å². The van der Waals surface area contributed by atoms with Crippen LogP contribution in [0.25, 0.3) is 5.65 Å². The highest BCUT2D eigenvalue weighted by atomic mass is 19.1. The Morgan fingerprint density at radius 3 is 2.82 bits per heavy atom. The van der Waals surface area contributed by atoms with Crippen LogP contribution in [0.5, 0.6) is 0 Å². The van der Waals surface area contributed by atoms with Gasteiger partial charge in [0.15, 0.2) is 17.6 Å². The van der Waals surface area contributed by atoms with Crippen molar-refractivity contribution in [3.05, 3.63) is 18.0 Å². The molecule has 0 aliphatic carbocycles. The Balaban J connectivity index is 2.09. The SMILES string of the molecule is Nc1nc(F)nn2c(C3OC(CO)(CF)C(O)C3F)cnc12. The van der Waals surface area contributed by atoms with Gasteiger partial charge < -0.3 is 20.7 Å². The molecule has 3 heterocycles. The summed E-state index contributed by atoms with van der Waals surface area (Å²) in [6.45, 7) is -2.23. The number of hydrogen-bond donors (Lipinski definition) is 3. The van der Waals surface area contributed by atoms with Crippen LogP contribution < -0.4 is 5.73 Å². The van der Waals surface area contributed by atoms with Gasteiger partial charge in [0.1, 0.15) is 24.5 Å². The first-order valence-corrected chi connectivity index (χ1v) is 6.27. The first kappa shape index (κ1) is 14.9. The van der Waals surface area contributed by atoms with E-state index in [9.17, 15) is 23.4 Å². The third-order valence-electron chi connectivity index (χ3n) is 3.67. The molecule has 11 heteroatoms. The van der Waals surface area contributed by atoms with E-state index in [0.717, 1.165) is 10.7 Å². The Morgan fingerprint density at radius 2 is 2.23 bits per heavy atom. The van der Waals surface area contributed by atoms with Crippen molar-refractivity contribution in [2.45, 2.75) is 24.0 Å². The molecule has 4 N–H and O–H groups in total. The molecule has 0 spiro atoms. The van der Waals surface area contributed by atoms with E-state index in [1.54, 1.807) is 0 Å². The number of aliphatic hydroxyl groups is 2. The highest BCUT2D eigenvalue weighted by Gasteiger charge is 2.56. The fraction of sp³-hybridized carbons (Fsp3) is 0.545. The fourth-order valence-corrected chi connectivity index (χ4v) is 2.44. The van der Waals surface area contributed by atoms with E-state index in [-0.39, 0.29) is 17.2 Å². The largest absolute Gasteiger partial charge is 0.393 e. The van der Waals surface area contributed by atoms with Crippen molar-refractivity contribution in [3.8, 4) is 0 Å². The minimum atomic E-state index is -2.09. The molecular weight excluding hydrogens is 307 g/mol. The van der Waals surface area contributed by atoms with Crippen LogP contribution in [-0.4, -0.2) is 61.0 Å². The quantitative estimate of drug-likeness (QED) is 0.685. The minimum absolute atomic E-state index is 0.0385. The Bertz CT molecular complexity index is 708. The average Bonchev–Trinajstić information content (AvgIpc) is 3.01. The molecule has 22 heavy (non-hydrogen) atoms. The lowest BCUT2D eigenvalue weighted by Gasteiger charge is -2.25. The average molecular weight is 319 g/mol. The number of imidazole rings is 1. The van der Waals surface area contributed by atoms with E-state index in [4.69, 9.17) is 10.5 Å². The normalized spacial score (nSPS) is 32.0. The Kier molecular flexibility index (Phi) is 3.42. The van der Waals surface area contributed by atoms with Crippen molar-refractivity contribution in [2.24, 2.45) is 0 Å². The lowest BCUT2D eigenvalue weighted by Crippen LogP contribution is -2.47. The lowest BCUT2D eigenvalue weighted by molar-refractivity contribution is -0.123. The summed E-state index contributed by atoms with van der Waals surface area (Å²) in [5.41, 5.74) is 3.26. The number of alkyl halides is 2. The van der Waals surface area contributed by atoms with E-state index in [1.165, 1.54) is 0 Å². The molecule has 4 unspecified atom stereocenters. The van der Waals surface area contributed by atoms with Gasteiger partial charge in [-0.1, -0.05) is 0 Å². The van der Waals surface area contributed by atoms with Crippen molar-refractivity contribution < 1.29 is 28.1 Å². The number of ether oxygens (including phenoxy) is 1. The predicted molar refractivity (Wildman–Crippen MR) is 65.7 cm³/mol. The van der Waals surface area contributed by atoms with Crippen LogP contribution in [-0.2, 0) is 4.74 Å². The summed E-state index contributed by atoms with van der Waals surface area (Å²) >= 11 is 0. The number of nitrogens with two attached hydrogens (primary N) is 1. The maximum Gasteiger partial charge on any atom is 0.328 e. The van der Waals surface area contributed by atoms with Gasteiger partial charge in [0.2, 0.25) is 0 Å². The zero-order valence-electron chi connectivity index (χ0n) is 11.0. The fourth-order valence-electron chi connectivity index (χ4n) is 2.44. The van der Waals surface area contributed by atoms with E-state index in [2.05, 4.69) is 15.1 Å². The Hall–Kier alpha value is -1.98. The number of rotatable bonds is 3. The summed E-state index contributed by atoms with van der Waals surface area (Å²) < 4.78 is 46.7. The van der Waals surface area contributed by atoms with Crippen molar-refractivity contribution in [1.82, 2.24) is 19.6 Å². The summed E-state index contributed by atoms with van der Waals surface area (Å²) in [4.78, 5) is 7.09. The highest BCUT2D eigenvalue weighted by molar-refractivity contribution is 5.59. The maximum absolute atomic E-state index is 14.3. The van der Waals surface area contributed by atoms with Crippen LogP contribution in [0, 0.1) is 6.08 Å². The summed E-state index contributed by atoms with van der Waals surface area (Å²) in [6, 6.07) is 0. The van der Waals surface area contributed by atoms with Crippen LogP contribution in [0.4, 0.5) is 19.0 Å². The van der Waals surface area contributed by atoms with E-state index in [0.29, 0.717) is 0 Å². The number of nitrogens with zero attached hydrogens (tertiary/aromatic N) is 4. The summed E-state index contributed by atoms with van der Waals surface area (Å²) in [7, 11) is 0. The monoisotopic (exact) mass is 319 g/mol. The number of aliphatic hydroxyl groups excluding tert-OH is 2. The second-order valence-corrected chi connectivity index (χ2v) is 4.97. The Morgan fingerprint density at radius 1 is 1.50 bits per heavy atom. The second kappa shape index (κ2) is 5.04. The van der Waals surface area contributed by atoms with Crippen LogP contribution >= 0.6 is 0 Å². The van der Waals surface area contributed by atoms with Gasteiger partial charge in [-0.05, 0) is 0 Å². The molecule has 0 amide bonds. The third kappa shape index (κ3) is 1.93. The van der Waals surface area contributed by atoms with E-state index >= 15 is 0 Å². The molecule has 0 radical (unpaired) electrons. The van der Waals surface area contributed by atoms with Crippen molar-refractivity contribution in [1.29, 1.82) is 0 Å². The minimum Gasteiger partial charge on any atom is -0.393 e. The Labute approximate surface area is 121 Å². The first-order chi connectivity index (χ1) is 10.4. The molecule has 2 aromatic rings. The molecule has 1 fully saturated rings. The standard InChI is InChI=1S/C11H12F3N5O3/c12-2-11(3-20)7(21)5(13)6(22-11)4-1-16-9-8(15)17-10(14)18-19(4)9/h1,5-7,20-21H,2-3H2,(H2,15,17,18). The number of fused-ring (bicyclic) bond motifs is 1. The van der Waals surface area contributed by atoms with Crippen LogP contribution in [0.2, 0.25) is 0 Å².